The number of rotatable bonds is 6. The van der Waals surface area contributed by atoms with Gasteiger partial charge in [0.2, 0.25) is 0 Å². The van der Waals surface area contributed by atoms with Gasteiger partial charge in [0.25, 0.3) is 0 Å². The summed E-state index contributed by atoms with van der Waals surface area (Å²) in [5.74, 6) is -1.57. The highest BCUT2D eigenvalue weighted by Gasteiger charge is 2.50. The van der Waals surface area contributed by atoms with E-state index in [1.807, 2.05) is 59.3 Å². The quantitative estimate of drug-likeness (QED) is 0.330. The van der Waals surface area contributed by atoms with Gasteiger partial charge in [0, 0.05) is 27.8 Å². The molecule has 0 amide bonds. The van der Waals surface area contributed by atoms with Gasteiger partial charge in [0.05, 0.1) is 6.10 Å². The molecule has 4 aromatic rings. The van der Waals surface area contributed by atoms with Gasteiger partial charge in [-0.2, -0.15) is 0 Å². The van der Waals surface area contributed by atoms with Crippen LogP contribution in [0, 0.1) is 0 Å². The van der Waals surface area contributed by atoms with Crippen LogP contribution < -0.4 is 0 Å². The van der Waals surface area contributed by atoms with Crippen LogP contribution >= 0.6 is 22.7 Å². The van der Waals surface area contributed by atoms with Crippen LogP contribution in [0.5, 0.6) is 0 Å². The average Bonchev–Trinajstić information content (AvgIpc) is 3.45. The first-order valence-electron chi connectivity index (χ1n) is 10.5. The molecule has 6 nitrogen and oxygen atoms in total. The van der Waals surface area contributed by atoms with Gasteiger partial charge >= 0.3 is 5.97 Å². The number of carbonyl (C=O) groups is 1. The lowest BCUT2D eigenvalue weighted by molar-refractivity contribution is -0.162. The van der Waals surface area contributed by atoms with E-state index in [1.54, 1.807) is 22.7 Å². The van der Waals surface area contributed by atoms with Crippen LogP contribution in [-0.2, 0) is 22.6 Å². The maximum Gasteiger partial charge on any atom is 0.340 e. The minimum atomic E-state index is -2.35. The van der Waals surface area contributed by atoms with Crippen LogP contribution in [0.4, 0.5) is 0 Å². The van der Waals surface area contributed by atoms with Crippen molar-refractivity contribution in [1.29, 1.82) is 0 Å². The molecule has 5 rings (SSSR count). The number of aliphatic carboxylic acids is 1. The molecule has 2 aromatic heterocycles. The number of carboxylic acids is 1. The van der Waals surface area contributed by atoms with Crippen LogP contribution in [0.25, 0.3) is 20.2 Å². The summed E-state index contributed by atoms with van der Waals surface area (Å²) in [6.45, 7) is 0.0632. The monoisotopic (exact) mass is 482 g/mol. The largest absolute Gasteiger partial charge is 0.490 e. The standard InChI is InChI=1S/C25H22O6S2/c26-19-12-25(30,24(28)29)18(11-14-1-3-20-16(9-14)5-7-32-20)23(22(19)27)31-13-15-2-4-21-17(10-15)6-8-33-21/h1-10,19,22,26-27,30H,11-13H2,(H,28,29)/t19-,22+,25-/m1/s1. The number of thiophene rings is 2. The van der Waals surface area contributed by atoms with E-state index < -0.39 is 30.2 Å². The summed E-state index contributed by atoms with van der Waals surface area (Å²) in [6.07, 6.45) is -3.36. The Kier molecular flexibility index (Phi) is 5.72. The van der Waals surface area contributed by atoms with Crippen molar-refractivity contribution in [1.82, 2.24) is 0 Å². The van der Waals surface area contributed by atoms with Crippen LogP contribution in [0.2, 0.25) is 0 Å². The first kappa shape index (κ1) is 22.1. The Hall–Kier alpha value is -2.75. The smallest absolute Gasteiger partial charge is 0.340 e. The van der Waals surface area contributed by atoms with Gasteiger partial charge in [-0.1, -0.05) is 12.1 Å². The molecule has 3 atom stereocenters. The molecule has 1 aliphatic carbocycles. The topological polar surface area (TPSA) is 107 Å². The maximum absolute atomic E-state index is 12.1. The third kappa shape index (κ3) is 4.05. The fraction of sp³-hybridized carbons (Fsp3) is 0.240. The van der Waals surface area contributed by atoms with Crippen molar-refractivity contribution >= 4 is 48.8 Å². The fourth-order valence-corrected chi connectivity index (χ4v) is 5.86. The van der Waals surface area contributed by atoms with Crippen LogP contribution in [0.15, 0.2) is 70.6 Å². The molecule has 0 radical (unpaired) electrons. The van der Waals surface area contributed by atoms with Crippen LogP contribution in [0.3, 0.4) is 0 Å². The predicted octanol–water partition coefficient (Wildman–Crippen LogP) is 4.07. The van der Waals surface area contributed by atoms with Gasteiger partial charge in [0.1, 0.15) is 18.5 Å². The number of hydrogen-bond donors (Lipinski definition) is 4. The average molecular weight is 483 g/mol. The third-order valence-corrected chi connectivity index (χ3v) is 7.89. The van der Waals surface area contributed by atoms with E-state index in [4.69, 9.17) is 4.74 Å². The molecule has 0 saturated heterocycles. The van der Waals surface area contributed by atoms with E-state index in [1.165, 1.54) is 0 Å². The van der Waals surface area contributed by atoms with Gasteiger partial charge < -0.3 is 25.2 Å². The summed E-state index contributed by atoms with van der Waals surface area (Å²) in [4.78, 5) is 12.1. The number of aliphatic hydroxyl groups excluding tert-OH is 2. The summed E-state index contributed by atoms with van der Waals surface area (Å²) in [5, 5.41) is 48.1. The molecule has 0 bridgehead atoms. The lowest BCUT2D eigenvalue weighted by Crippen LogP contribution is -2.52. The normalized spacial score (nSPS) is 23.4. The maximum atomic E-state index is 12.1. The Labute approximate surface area is 197 Å². The SMILES string of the molecule is O=C(O)[C@@]1(O)C[C@@H](O)[C@H](O)C(OCc2ccc3sccc3c2)=C1Cc1ccc2sccc2c1. The van der Waals surface area contributed by atoms with Gasteiger partial charge in [-0.3, -0.25) is 0 Å². The van der Waals surface area contributed by atoms with Crippen molar-refractivity contribution in [2.45, 2.75) is 37.3 Å². The second-order valence-electron chi connectivity index (χ2n) is 8.28. The molecule has 33 heavy (non-hydrogen) atoms. The zero-order chi connectivity index (χ0) is 23.2. The van der Waals surface area contributed by atoms with E-state index >= 15 is 0 Å². The van der Waals surface area contributed by atoms with E-state index in [9.17, 15) is 25.2 Å². The third-order valence-electron chi connectivity index (χ3n) is 6.10. The van der Waals surface area contributed by atoms with Crippen molar-refractivity contribution < 1.29 is 30.0 Å². The van der Waals surface area contributed by atoms with E-state index in [0.717, 1.165) is 31.3 Å². The molecule has 2 aromatic carbocycles. The first-order chi connectivity index (χ1) is 15.8. The fourth-order valence-electron chi connectivity index (χ4n) is 4.31. The molecule has 1 aliphatic rings. The molecule has 0 aliphatic heterocycles. The predicted molar refractivity (Wildman–Crippen MR) is 128 cm³/mol. The Morgan fingerprint density at radius 1 is 0.970 bits per heavy atom. The van der Waals surface area contributed by atoms with Gasteiger partial charge in [-0.15, -0.1) is 22.7 Å². The first-order valence-corrected chi connectivity index (χ1v) is 12.2. The molecule has 170 valence electrons. The molecule has 2 heterocycles. The molecular weight excluding hydrogens is 460 g/mol. The zero-order valence-corrected chi connectivity index (χ0v) is 19.1. The molecule has 0 unspecified atom stereocenters. The minimum Gasteiger partial charge on any atom is -0.490 e. The molecule has 4 N–H and O–H groups in total. The second kappa shape index (κ2) is 8.55. The van der Waals surface area contributed by atoms with Crippen molar-refractivity contribution in [3.8, 4) is 0 Å². The van der Waals surface area contributed by atoms with E-state index in [2.05, 4.69) is 0 Å². The van der Waals surface area contributed by atoms with Gasteiger partial charge in [-0.25, -0.2) is 4.79 Å². The highest BCUT2D eigenvalue weighted by Crippen LogP contribution is 2.38. The number of aliphatic hydroxyl groups is 3. The summed E-state index contributed by atoms with van der Waals surface area (Å²) >= 11 is 3.23. The molecule has 0 saturated carbocycles. The summed E-state index contributed by atoms with van der Waals surface area (Å²) in [7, 11) is 0. The zero-order valence-electron chi connectivity index (χ0n) is 17.5. The lowest BCUT2D eigenvalue weighted by atomic mass is 9.76. The van der Waals surface area contributed by atoms with Crippen molar-refractivity contribution in [2.75, 3.05) is 0 Å². The molecule has 8 heteroatoms. The van der Waals surface area contributed by atoms with Crippen molar-refractivity contribution in [3.05, 3.63) is 81.8 Å². The Balaban J connectivity index is 1.53. The van der Waals surface area contributed by atoms with Crippen molar-refractivity contribution in [3.63, 3.8) is 0 Å². The Morgan fingerprint density at radius 3 is 2.21 bits per heavy atom. The van der Waals surface area contributed by atoms with Crippen molar-refractivity contribution in [2.24, 2.45) is 0 Å². The van der Waals surface area contributed by atoms with Crippen LogP contribution in [-0.4, -0.2) is 44.2 Å². The Bertz CT molecular complexity index is 1370. The summed E-state index contributed by atoms with van der Waals surface area (Å²) < 4.78 is 8.16. The van der Waals surface area contributed by atoms with Gasteiger partial charge in [-0.05, 0) is 69.1 Å². The van der Waals surface area contributed by atoms with Crippen LogP contribution in [0.1, 0.15) is 17.5 Å². The Morgan fingerprint density at radius 2 is 1.58 bits per heavy atom. The summed E-state index contributed by atoms with van der Waals surface area (Å²) in [5.41, 5.74) is -0.688. The number of carboxylic acid groups (broad SMARTS) is 1. The number of benzene rings is 2. The lowest BCUT2D eigenvalue weighted by Gasteiger charge is -2.38. The van der Waals surface area contributed by atoms with Gasteiger partial charge in [0.15, 0.2) is 5.60 Å². The number of hydrogen-bond acceptors (Lipinski definition) is 7. The second-order valence-corrected chi connectivity index (χ2v) is 10.2. The number of ether oxygens (including phenoxy) is 1. The molecule has 0 spiro atoms. The highest BCUT2D eigenvalue weighted by atomic mass is 32.1. The highest BCUT2D eigenvalue weighted by molar-refractivity contribution is 7.17. The minimum absolute atomic E-state index is 0.0546. The van der Waals surface area contributed by atoms with E-state index in [-0.39, 0.29) is 24.4 Å². The molecular formula is C25H22O6S2. The molecule has 0 fully saturated rings. The summed E-state index contributed by atoms with van der Waals surface area (Å²) in [6, 6.07) is 15.6. The number of fused-ring (bicyclic) bond motifs is 2. The van der Waals surface area contributed by atoms with E-state index in [0.29, 0.717) is 0 Å².